The number of fused-ring (bicyclic) bond motifs is 1. The van der Waals surface area contributed by atoms with Crippen molar-refractivity contribution in [1.82, 2.24) is 10.2 Å². The topological polar surface area (TPSA) is 69.6 Å². The highest BCUT2D eigenvalue weighted by Gasteiger charge is 2.31. The monoisotopic (exact) mass is 340 g/mol. The van der Waals surface area contributed by atoms with Gasteiger partial charge in [0.15, 0.2) is 0 Å². The number of hydrogen-bond donors (Lipinski definition) is 2. The third-order valence-corrected chi connectivity index (χ3v) is 4.98. The van der Waals surface area contributed by atoms with Gasteiger partial charge in [-0.15, -0.1) is 0 Å². The number of nitrogens with one attached hydrogen (secondary N) is 1. The van der Waals surface area contributed by atoms with Crippen LogP contribution in [-0.2, 0) is 9.59 Å². The first kappa shape index (κ1) is 17.4. The lowest BCUT2D eigenvalue weighted by atomic mass is 9.86. The SMILES string of the molecule is CNC(=O)CCC(=O)N1CC[C@@H](c2ccc3ccccc3c2)[C@H](O)C1. The van der Waals surface area contributed by atoms with Gasteiger partial charge in [0.05, 0.1) is 6.10 Å². The Labute approximate surface area is 147 Å². The van der Waals surface area contributed by atoms with Gasteiger partial charge in [-0.25, -0.2) is 0 Å². The molecule has 1 fully saturated rings. The number of nitrogens with zero attached hydrogens (tertiary/aromatic N) is 1. The van der Waals surface area contributed by atoms with Gasteiger partial charge in [0.25, 0.3) is 0 Å². The van der Waals surface area contributed by atoms with Crippen molar-refractivity contribution in [2.75, 3.05) is 20.1 Å². The molecule has 0 spiro atoms. The zero-order valence-electron chi connectivity index (χ0n) is 14.4. The summed E-state index contributed by atoms with van der Waals surface area (Å²) in [7, 11) is 1.56. The van der Waals surface area contributed by atoms with E-state index in [1.54, 1.807) is 11.9 Å². The molecule has 25 heavy (non-hydrogen) atoms. The van der Waals surface area contributed by atoms with E-state index >= 15 is 0 Å². The maximum Gasteiger partial charge on any atom is 0.223 e. The Morgan fingerprint density at radius 1 is 1.16 bits per heavy atom. The van der Waals surface area contributed by atoms with Crippen LogP contribution >= 0.6 is 0 Å². The average Bonchev–Trinajstić information content (AvgIpc) is 2.65. The van der Waals surface area contributed by atoms with Crippen molar-refractivity contribution in [2.45, 2.75) is 31.3 Å². The van der Waals surface area contributed by atoms with E-state index in [1.165, 1.54) is 5.39 Å². The lowest BCUT2D eigenvalue weighted by Gasteiger charge is -2.36. The van der Waals surface area contributed by atoms with Crippen LogP contribution in [0.15, 0.2) is 42.5 Å². The highest BCUT2D eigenvalue weighted by Crippen LogP contribution is 2.30. The fourth-order valence-corrected chi connectivity index (χ4v) is 3.49. The molecule has 1 aliphatic heterocycles. The van der Waals surface area contributed by atoms with E-state index in [2.05, 4.69) is 35.6 Å². The second-order valence-electron chi connectivity index (χ2n) is 6.58. The van der Waals surface area contributed by atoms with Crippen molar-refractivity contribution < 1.29 is 14.7 Å². The number of amides is 2. The van der Waals surface area contributed by atoms with Crippen LogP contribution in [0, 0.1) is 0 Å². The van der Waals surface area contributed by atoms with E-state index in [-0.39, 0.29) is 30.6 Å². The van der Waals surface area contributed by atoms with E-state index in [4.69, 9.17) is 0 Å². The Bertz CT molecular complexity index is 774. The molecular weight excluding hydrogens is 316 g/mol. The van der Waals surface area contributed by atoms with Crippen LogP contribution in [-0.4, -0.2) is 48.1 Å². The van der Waals surface area contributed by atoms with Crippen LogP contribution in [0.25, 0.3) is 10.8 Å². The zero-order valence-corrected chi connectivity index (χ0v) is 14.4. The van der Waals surface area contributed by atoms with E-state index in [0.717, 1.165) is 17.4 Å². The Morgan fingerprint density at radius 3 is 2.64 bits per heavy atom. The molecule has 1 heterocycles. The van der Waals surface area contributed by atoms with E-state index in [9.17, 15) is 14.7 Å². The fraction of sp³-hybridized carbons (Fsp3) is 0.400. The first-order valence-electron chi connectivity index (χ1n) is 8.73. The molecule has 2 aromatic carbocycles. The molecule has 1 aliphatic rings. The summed E-state index contributed by atoms with van der Waals surface area (Å²) in [5.74, 6) is -0.174. The van der Waals surface area contributed by atoms with E-state index in [0.29, 0.717) is 13.1 Å². The minimum atomic E-state index is -0.584. The van der Waals surface area contributed by atoms with Crippen molar-refractivity contribution in [3.8, 4) is 0 Å². The number of aliphatic hydroxyl groups excluding tert-OH is 1. The fourth-order valence-electron chi connectivity index (χ4n) is 3.49. The van der Waals surface area contributed by atoms with Crippen LogP contribution < -0.4 is 5.32 Å². The summed E-state index contributed by atoms with van der Waals surface area (Å²) in [6, 6.07) is 14.5. The Morgan fingerprint density at radius 2 is 1.92 bits per heavy atom. The number of aliphatic hydroxyl groups is 1. The molecule has 0 aliphatic carbocycles. The van der Waals surface area contributed by atoms with Crippen molar-refractivity contribution in [2.24, 2.45) is 0 Å². The largest absolute Gasteiger partial charge is 0.391 e. The number of rotatable bonds is 4. The summed E-state index contributed by atoms with van der Waals surface area (Å²) in [6.45, 7) is 0.936. The van der Waals surface area contributed by atoms with Gasteiger partial charge < -0.3 is 15.3 Å². The number of hydrogen-bond acceptors (Lipinski definition) is 3. The van der Waals surface area contributed by atoms with E-state index in [1.807, 2.05) is 12.1 Å². The van der Waals surface area contributed by atoms with Gasteiger partial charge in [0.2, 0.25) is 11.8 Å². The number of carbonyl (C=O) groups is 2. The first-order chi connectivity index (χ1) is 12.1. The number of likely N-dealkylation sites (tertiary alicyclic amines) is 1. The van der Waals surface area contributed by atoms with Crippen LogP contribution in [0.1, 0.15) is 30.7 Å². The molecular formula is C20H24N2O3. The highest BCUT2D eigenvalue weighted by atomic mass is 16.3. The summed E-state index contributed by atoms with van der Waals surface area (Å²) in [6.07, 6.45) is 0.521. The molecule has 2 aromatic rings. The maximum atomic E-state index is 12.2. The Balaban J connectivity index is 1.64. The first-order valence-corrected chi connectivity index (χ1v) is 8.73. The Kier molecular flexibility index (Phi) is 5.34. The van der Waals surface area contributed by atoms with Crippen LogP contribution in [0.2, 0.25) is 0 Å². The summed E-state index contributed by atoms with van der Waals surface area (Å²) in [4.78, 5) is 25.2. The second kappa shape index (κ2) is 7.66. The lowest BCUT2D eigenvalue weighted by Crippen LogP contribution is -2.45. The maximum absolute atomic E-state index is 12.2. The highest BCUT2D eigenvalue weighted by molar-refractivity contribution is 5.84. The summed E-state index contributed by atoms with van der Waals surface area (Å²) in [5.41, 5.74) is 1.11. The minimum absolute atomic E-state index is 0.0348. The molecule has 3 rings (SSSR count). The van der Waals surface area contributed by atoms with Crippen molar-refractivity contribution in [3.05, 3.63) is 48.0 Å². The molecule has 2 amide bonds. The number of carbonyl (C=O) groups excluding carboxylic acids is 2. The van der Waals surface area contributed by atoms with Gasteiger partial charge in [-0.1, -0.05) is 42.5 Å². The normalized spacial score (nSPS) is 20.5. The molecule has 1 saturated heterocycles. The van der Waals surface area contributed by atoms with Crippen molar-refractivity contribution >= 4 is 22.6 Å². The van der Waals surface area contributed by atoms with E-state index < -0.39 is 6.10 Å². The number of piperidine rings is 1. The summed E-state index contributed by atoms with van der Waals surface area (Å²) >= 11 is 0. The molecule has 0 saturated carbocycles. The van der Waals surface area contributed by atoms with Gasteiger partial charge in [-0.05, 0) is 22.8 Å². The molecule has 2 N–H and O–H groups in total. The quantitative estimate of drug-likeness (QED) is 0.895. The number of β-amino-alcohol motifs (C(OH)–C–C–N with tert-alkyl or cyclic N) is 1. The summed E-state index contributed by atoms with van der Waals surface area (Å²) in [5, 5.41) is 15.4. The molecule has 0 bridgehead atoms. The van der Waals surface area contributed by atoms with Gasteiger partial charge in [0.1, 0.15) is 0 Å². The van der Waals surface area contributed by atoms with Gasteiger partial charge in [0, 0.05) is 38.9 Å². The van der Waals surface area contributed by atoms with Crippen LogP contribution in [0.3, 0.4) is 0 Å². The molecule has 5 nitrogen and oxygen atoms in total. The molecule has 0 unspecified atom stereocenters. The predicted molar refractivity (Wildman–Crippen MR) is 97.2 cm³/mol. The lowest BCUT2D eigenvalue weighted by molar-refractivity contribution is -0.136. The summed E-state index contributed by atoms with van der Waals surface area (Å²) < 4.78 is 0. The molecule has 2 atom stereocenters. The second-order valence-corrected chi connectivity index (χ2v) is 6.58. The average molecular weight is 340 g/mol. The third kappa shape index (κ3) is 3.99. The van der Waals surface area contributed by atoms with Crippen LogP contribution in [0.4, 0.5) is 0 Å². The molecule has 0 radical (unpaired) electrons. The zero-order chi connectivity index (χ0) is 17.8. The Hall–Kier alpha value is -2.40. The van der Waals surface area contributed by atoms with Gasteiger partial charge in [-0.3, -0.25) is 9.59 Å². The molecule has 5 heteroatoms. The van der Waals surface area contributed by atoms with Crippen LogP contribution in [0.5, 0.6) is 0 Å². The standard InChI is InChI=1S/C20H24N2O3/c1-21-19(24)8-9-20(25)22-11-10-17(18(23)13-22)16-7-6-14-4-2-3-5-15(14)12-16/h2-7,12,17-18,23H,8-11,13H2,1H3,(H,21,24)/t17-,18+/m0/s1. The van der Waals surface area contributed by atoms with Gasteiger partial charge in [-0.2, -0.15) is 0 Å². The minimum Gasteiger partial charge on any atom is -0.391 e. The van der Waals surface area contributed by atoms with Crippen molar-refractivity contribution in [1.29, 1.82) is 0 Å². The number of benzene rings is 2. The third-order valence-electron chi connectivity index (χ3n) is 4.98. The smallest absolute Gasteiger partial charge is 0.223 e. The molecule has 132 valence electrons. The van der Waals surface area contributed by atoms with Gasteiger partial charge >= 0.3 is 0 Å². The molecule has 0 aromatic heterocycles. The van der Waals surface area contributed by atoms with Crippen molar-refractivity contribution in [3.63, 3.8) is 0 Å². The predicted octanol–water partition coefficient (Wildman–Crippen LogP) is 2.04.